The van der Waals surface area contributed by atoms with Crippen LogP contribution in [0.4, 0.5) is 14.6 Å². The number of nitrogens with zero attached hydrogens (tertiary/aromatic N) is 3. The molecule has 0 saturated heterocycles. The zero-order valence-electron chi connectivity index (χ0n) is 18.0. The fourth-order valence-electron chi connectivity index (χ4n) is 5.57. The Kier molecular flexibility index (Phi) is 4.82. The molecule has 0 radical (unpaired) electrons. The second kappa shape index (κ2) is 7.89. The highest BCUT2D eigenvalue weighted by atomic mass is 19.1. The van der Waals surface area contributed by atoms with Crippen LogP contribution < -0.4 is 5.32 Å². The summed E-state index contributed by atoms with van der Waals surface area (Å²) in [7, 11) is 0. The topological polar surface area (TPSA) is 117 Å². The van der Waals surface area contributed by atoms with Gasteiger partial charge in [0.2, 0.25) is 0 Å². The molecule has 0 spiro atoms. The van der Waals surface area contributed by atoms with E-state index in [9.17, 15) is 14.3 Å². The van der Waals surface area contributed by atoms with E-state index in [-0.39, 0.29) is 34.9 Å². The van der Waals surface area contributed by atoms with Crippen molar-refractivity contribution in [3.05, 3.63) is 48.5 Å². The molecule has 2 bridgehead atoms. The van der Waals surface area contributed by atoms with E-state index in [1.165, 1.54) is 12.3 Å². The Morgan fingerprint density at radius 1 is 1.18 bits per heavy atom. The van der Waals surface area contributed by atoms with E-state index < -0.39 is 29.6 Å². The van der Waals surface area contributed by atoms with Crippen molar-refractivity contribution >= 4 is 22.8 Å². The highest BCUT2D eigenvalue weighted by Gasteiger charge is 2.47. The molecule has 34 heavy (non-hydrogen) atoms. The number of aliphatic carboxylic acids is 1. The van der Waals surface area contributed by atoms with Gasteiger partial charge in [-0.2, -0.15) is 0 Å². The van der Waals surface area contributed by atoms with Gasteiger partial charge in [-0.25, -0.2) is 23.7 Å². The lowest BCUT2D eigenvalue weighted by molar-refractivity contribution is -0.148. The molecule has 0 amide bonds. The van der Waals surface area contributed by atoms with Crippen LogP contribution in [0.3, 0.4) is 0 Å². The van der Waals surface area contributed by atoms with Gasteiger partial charge in [-0.15, -0.1) is 0 Å². The first kappa shape index (κ1) is 20.8. The van der Waals surface area contributed by atoms with E-state index in [2.05, 4.69) is 25.3 Å². The van der Waals surface area contributed by atoms with Crippen LogP contribution in [-0.4, -0.2) is 37.1 Å². The molecule has 3 saturated carbocycles. The van der Waals surface area contributed by atoms with Gasteiger partial charge in [-0.1, -0.05) is 0 Å². The number of carboxylic acid groups (broad SMARTS) is 1. The number of aromatic amines is 1. The molecule has 8 nitrogen and oxygen atoms in total. The first-order valence-corrected chi connectivity index (χ1v) is 11.2. The van der Waals surface area contributed by atoms with Crippen molar-refractivity contribution in [2.24, 2.45) is 17.8 Å². The minimum absolute atomic E-state index is 0.0524. The van der Waals surface area contributed by atoms with Gasteiger partial charge in [-0.3, -0.25) is 4.79 Å². The zero-order valence-corrected chi connectivity index (χ0v) is 18.0. The van der Waals surface area contributed by atoms with Crippen LogP contribution in [0.1, 0.15) is 25.7 Å². The molecule has 3 fully saturated rings. The molecular formula is C24H21F2N5O3. The monoisotopic (exact) mass is 465 g/mol. The average Bonchev–Trinajstić information content (AvgIpc) is 3.51. The maximum atomic E-state index is 15.7. The number of hydrogen-bond acceptors (Lipinski definition) is 6. The number of nitrogens with one attached hydrogen (secondary N) is 2. The van der Waals surface area contributed by atoms with Gasteiger partial charge in [-0.05, 0) is 55.7 Å². The van der Waals surface area contributed by atoms with E-state index >= 15 is 4.39 Å². The second-order valence-electron chi connectivity index (χ2n) is 9.00. The molecule has 3 aliphatic rings. The maximum Gasteiger partial charge on any atom is 0.308 e. The van der Waals surface area contributed by atoms with E-state index in [0.29, 0.717) is 16.6 Å². The van der Waals surface area contributed by atoms with Gasteiger partial charge in [0.15, 0.2) is 23.2 Å². The largest absolute Gasteiger partial charge is 0.481 e. The number of carboxylic acids is 1. The number of hydrogen-bond donors (Lipinski definition) is 3. The third-order valence-electron chi connectivity index (χ3n) is 7.15. The lowest BCUT2D eigenvalue weighted by atomic mass is 9.61. The Balaban J connectivity index is 1.49. The first-order chi connectivity index (χ1) is 16.5. The van der Waals surface area contributed by atoms with E-state index in [0.717, 1.165) is 31.9 Å². The normalized spacial score (nSPS) is 23.9. The molecule has 2 atom stereocenters. The molecule has 0 aromatic carbocycles. The molecular weight excluding hydrogens is 444 g/mol. The molecule has 3 aliphatic carbocycles. The maximum absolute atomic E-state index is 15.7. The fraction of sp³-hybridized carbons (Fsp3) is 0.333. The zero-order chi connectivity index (χ0) is 23.4. The van der Waals surface area contributed by atoms with Crippen LogP contribution in [0, 0.1) is 29.4 Å². The molecule has 4 aromatic rings. The number of halogens is 2. The van der Waals surface area contributed by atoms with Gasteiger partial charge in [0.25, 0.3) is 0 Å². The lowest BCUT2D eigenvalue weighted by Gasteiger charge is -2.47. The van der Waals surface area contributed by atoms with Gasteiger partial charge in [0.05, 0.1) is 18.4 Å². The van der Waals surface area contributed by atoms with Crippen molar-refractivity contribution in [2.75, 3.05) is 5.32 Å². The molecule has 174 valence electrons. The van der Waals surface area contributed by atoms with Crippen molar-refractivity contribution < 1.29 is 23.1 Å². The quantitative estimate of drug-likeness (QED) is 0.385. The lowest BCUT2D eigenvalue weighted by Crippen LogP contribution is -2.51. The van der Waals surface area contributed by atoms with Crippen LogP contribution in [0.25, 0.3) is 33.9 Å². The number of anilines is 1. The number of carbonyl (C=O) groups is 1. The average molecular weight is 465 g/mol. The highest BCUT2D eigenvalue weighted by Crippen LogP contribution is 2.46. The van der Waals surface area contributed by atoms with Gasteiger partial charge < -0.3 is 19.8 Å². The van der Waals surface area contributed by atoms with E-state index in [1.807, 2.05) is 0 Å². The Morgan fingerprint density at radius 2 is 1.97 bits per heavy atom. The van der Waals surface area contributed by atoms with Crippen LogP contribution in [0.15, 0.2) is 41.3 Å². The molecule has 0 aliphatic heterocycles. The molecule has 7 rings (SSSR count). The Hall–Kier alpha value is -3.82. The van der Waals surface area contributed by atoms with Gasteiger partial charge in [0, 0.05) is 23.2 Å². The number of furan rings is 1. The van der Waals surface area contributed by atoms with Crippen LogP contribution in [0.2, 0.25) is 0 Å². The summed E-state index contributed by atoms with van der Waals surface area (Å²) in [5.74, 6) is -2.35. The number of H-pyrrole nitrogens is 1. The van der Waals surface area contributed by atoms with Gasteiger partial charge >= 0.3 is 5.97 Å². The van der Waals surface area contributed by atoms with E-state index in [1.54, 1.807) is 18.3 Å². The highest BCUT2D eigenvalue weighted by molar-refractivity contribution is 5.92. The third-order valence-corrected chi connectivity index (χ3v) is 7.15. The predicted molar refractivity (Wildman–Crippen MR) is 119 cm³/mol. The van der Waals surface area contributed by atoms with Crippen LogP contribution in [0.5, 0.6) is 0 Å². The van der Waals surface area contributed by atoms with Crippen molar-refractivity contribution in [3.8, 4) is 22.8 Å². The van der Waals surface area contributed by atoms with Gasteiger partial charge in [0.1, 0.15) is 17.2 Å². The van der Waals surface area contributed by atoms with Crippen molar-refractivity contribution in [3.63, 3.8) is 0 Å². The Bertz CT molecular complexity index is 1380. The van der Waals surface area contributed by atoms with Crippen molar-refractivity contribution in [1.82, 2.24) is 19.9 Å². The fourth-order valence-corrected chi connectivity index (χ4v) is 5.57. The number of fused-ring (bicyclic) bond motifs is 4. The number of pyridine rings is 1. The summed E-state index contributed by atoms with van der Waals surface area (Å²) < 4.78 is 35.0. The summed E-state index contributed by atoms with van der Waals surface area (Å²) in [5, 5.41) is 13.5. The Morgan fingerprint density at radius 3 is 2.71 bits per heavy atom. The van der Waals surface area contributed by atoms with E-state index in [4.69, 9.17) is 4.42 Å². The summed E-state index contributed by atoms with van der Waals surface area (Å²) in [5.41, 5.74) is 0.816. The van der Waals surface area contributed by atoms with Crippen LogP contribution >= 0.6 is 0 Å². The van der Waals surface area contributed by atoms with Crippen molar-refractivity contribution in [1.29, 1.82) is 0 Å². The summed E-state index contributed by atoms with van der Waals surface area (Å²) in [4.78, 5) is 27.9. The number of rotatable bonds is 5. The summed E-state index contributed by atoms with van der Waals surface area (Å²) in [6.07, 6.45) is 7.61. The predicted octanol–water partition coefficient (Wildman–Crippen LogP) is 4.86. The Labute approximate surface area is 192 Å². The molecule has 4 aromatic heterocycles. The minimum atomic E-state index is -0.883. The number of aromatic nitrogens is 4. The molecule has 2 unspecified atom stereocenters. The molecule has 3 N–H and O–H groups in total. The minimum Gasteiger partial charge on any atom is -0.481 e. The summed E-state index contributed by atoms with van der Waals surface area (Å²) in [6, 6.07) is 4.06. The first-order valence-electron chi connectivity index (χ1n) is 11.2. The molecule has 10 heteroatoms. The standard InChI is InChI=1S/C24H21F2N5O3/c25-13-8-14-15(10-28-21(14)27-9-13)22-30-20(16-2-1-7-34-16)18(26)23(31-22)29-19-12-5-3-11(4-6-12)17(19)24(32)33/h1-2,7-12,17,19H,3-6H2,(H,27,28)(H,32,33)(H,29,30,31). The van der Waals surface area contributed by atoms with Crippen molar-refractivity contribution in [2.45, 2.75) is 31.7 Å². The summed E-state index contributed by atoms with van der Waals surface area (Å²) in [6.45, 7) is 0. The van der Waals surface area contributed by atoms with Crippen LogP contribution in [-0.2, 0) is 4.79 Å². The second-order valence-corrected chi connectivity index (χ2v) is 9.00. The molecule has 4 heterocycles. The SMILES string of the molecule is O=C(O)C1C2CCC(CC2)C1Nc1nc(-c2c[nH]c3ncc(F)cc23)nc(-c2ccco2)c1F. The smallest absolute Gasteiger partial charge is 0.308 e. The summed E-state index contributed by atoms with van der Waals surface area (Å²) >= 11 is 0. The third kappa shape index (κ3) is 3.32.